The summed E-state index contributed by atoms with van der Waals surface area (Å²) in [5.74, 6) is 0.669. The molecule has 2 nitrogen and oxygen atoms in total. The number of aromatic amines is 1. The Morgan fingerprint density at radius 3 is 3.08 bits per heavy atom. The third kappa shape index (κ3) is 1.16. The molecular formula is C10H16N2. The molecule has 1 aliphatic heterocycles. The number of aromatic nitrogens is 1. The van der Waals surface area contributed by atoms with Crippen LogP contribution in [0.4, 0.5) is 0 Å². The molecule has 0 saturated heterocycles. The van der Waals surface area contributed by atoms with Crippen molar-refractivity contribution in [3.8, 4) is 0 Å². The second-order valence-corrected chi connectivity index (χ2v) is 3.84. The van der Waals surface area contributed by atoms with Crippen LogP contribution < -0.4 is 5.32 Å². The highest BCUT2D eigenvalue weighted by Gasteiger charge is 2.22. The van der Waals surface area contributed by atoms with Gasteiger partial charge in [0.05, 0.1) is 0 Å². The molecule has 2 N–H and O–H groups in total. The molecule has 0 spiro atoms. The van der Waals surface area contributed by atoms with Crippen molar-refractivity contribution in [1.82, 2.24) is 10.3 Å². The zero-order valence-electron chi connectivity index (χ0n) is 7.72. The van der Waals surface area contributed by atoms with E-state index in [9.17, 15) is 0 Å². The maximum Gasteiger partial charge on any atom is 0.0499 e. The predicted molar refractivity (Wildman–Crippen MR) is 50.1 cm³/mol. The third-order valence-corrected chi connectivity index (χ3v) is 2.61. The van der Waals surface area contributed by atoms with Crippen molar-refractivity contribution in [2.75, 3.05) is 6.54 Å². The highest BCUT2D eigenvalue weighted by Crippen LogP contribution is 2.26. The smallest absolute Gasteiger partial charge is 0.0499 e. The van der Waals surface area contributed by atoms with Crippen molar-refractivity contribution in [3.63, 3.8) is 0 Å². The predicted octanol–water partition coefficient (Wildman–Crippen LogP) is 1.86. The number of nitrogens with one attached hydrogen (secondary N) is 2. The van der Waals surface area contributed by atoms with Gasteiger partial charge in [-0.2, -0.15) is 0 Å². The molecule has 2 rings (SSSR count). The Kier molecular flexibility index (Phi) is 1.93. The molecule has 66 valence electrons. The standard InChI is InChI=1S/C10H16N2/c1-7(2)9-10-8(3-5-11-9)4-6-12-10/h4,6-7,9,11-12H,3,5H2,1-2H3. The molecule has 0 fully saturated rings. The van der Waals surface area contributed by atoms with Gasteiger partial charge >= 0.3 is 0 Å². The van der Waals surface area contributed by atoms with E-state index in [0.29, 0.717) is 12.0 Å². The summed E-state index contributed by atoms with van der Waals surface area (Å²) >= 11 is 0. The number of fused-ring (bicyclic) bond motifs is 1. The average molecular weight is 164 g/mol. The van der Waals surface area contributed by atoms with Gasteiger partial charge in [0, 0.05) is 17.9 Å². The third-order valence-electron chi connectivity index (χ3n) is 2.61. The Balaban J connectivity index is 2.31. The minimum Gasteiger partial charge on any atom is -0.363 e. The maximum absolute atomic E-state index is 3.53. The fourth-order valence-electron chi connectivity index (χ4n) is 1.96. The summed E-state index contributed by atoms with van der Waals surface area (Å²) in [7, 11) is 0. The summed E-state index contributed by atoms with van der Waals surface area (Å²) in [6.07, 6.45) is 3.22. The molecule has 0 bridgehead atoms. The van der Waals surface area contributed by atoms with Gasteiger partial charge in [0.15, 0.2) is 0 Å². The van der Waals surface area contributed by atoms with E-state index in [1.807, 2.05) is 6.20 Å². The molecule has 0 radical (unpaired) electrons. The Hall–Kier alpha value is -0.760. The molecule has 1 aromatic heterocycles. The summed E-state index contributed by atoms with van der Waals surface area (Å²) in [6.45, 7) is 5.63. The number of hydrogen-bond donors (Lipinski definition) is 2. The zero-order chi connectivity index (χ0) is 8.55. The topological polar surface area (TPSA) is 27.8 Å². The Morgan fingerprint density at radius 1 is 1.50 bits per heavy atom. The molecule has 0 saturated carbocycles. The zero-order valence-corrected chi connectivity index (χ0v) is 7.72. The van der Waals surface area contributed by atoms with Gasteiger partial charge < -0.3 is 10.3 Å². The molecule has 1 unspecified atom stereocenters. The SMILES string of the molecule is CC(C)C1NCCc2cc[nH]c21. The summed E-state index contributed by atoms with van der Waals surface area (Å²) in [6, 6.07) is 2.73. The molecular weight excluding hydrogens is 148 g/mol. The van der Waals surface area contributed by atoms with Crippen LogP contribution in [0, 0.1) is 5.92 Å². The van der Waals surface area contributed by atoms with Crippen LogP contribution in [0.3, 0.4) is 0 Å². The first-order valence-electron chi connectivity index (χ1n) is 4.68. The van der Waals surface area contributed by atoms with E-state index in [1.54, 1.807) is 0 Å². The van der Waals surface area contributed by atoms with Crippen LogP contribution in [0.5, 0.6) is 0 Å². The number of hydrogen-bond acceptors (Lipinski definition) is 1. The van der Waals surface area contributed by atoms with Crippen LogP contribution in [0.15, 0.2) is 12.3 Å². The van der Waals surface area contributed by atoms with Crippen molar-refractivity contribution < 1.29 is 0 Å². The van der Waals surface area contributed by atoms with Gasteiger partial charge in [-0.25, -0.2) is 0 Å². The fraction of sp³-hybridized carbons (Fsp3) is 0.600. The van der Waals surface area contributed by atoms with Crippen LogP contribution in [-0.2, 0) is 6.42 Å². The van der Waals surface area contributed by atoms with Gasteiger partial charge in [0.2, 0.25) is 0 Å². The highest BCUT2D eigenvalue weighted by atomic mass is 15.0. The summed E-state index contributed by atoms with van der Waals surface area (Å²) in [4.78, 5) is 3.33. The Bertz CT molecular complexity index is 263. The van der Waals surface area contributed by atoms with E-state index in [1.165, 1.54) is 17.7 Å². The van der Waals surface area contributed by atoms with Crippen molar-refractivity contribution in [3.05, 3.63) is 23.5 Å². The molecule has 2 heterocycles. The van der Waals surface area contributed by atoms with Gasteiger partial charge in [-0.1, -0.05) is 13.8 Å². The lowest BCUT2D eigenvalue weighted by Gasteiger charge is -2.27. The van der Waals surface area contributed by atoms with Gasteiger partial charge in [0.1, 0.15) is 0 Å². The fourth-order valence-corrected chi connectivity index (χ4v) is 1.96. The number of rotatable bonds is 1. The maximum atomic E-state index is 3.53. The van der Waals surface area contributed by atoms with E-state index in [-0.39, 0.29) is 0 Å². The van der Waals surface area contributed by atoms with Crippen LogP contribution in [0.1, 0.15) is 31.1 Å². The van der Waals surface area contributed by atoms with Crippen LogP contribution in [0.2, 0.25) is 0 Å². The average Bonchev–Trinajstić information content (AvgIpc) is 2.49. The molecule has 1 atom stereocenters. The van der Waals surface area contributed by atoms with Crippen molar-refractivity contribution in [2.45, 2.75) is 26.3 Å². The van der Waals surface area contributed by atoms with E-state index in [0.717, 1.165) is 6.54 Å². The quantitative estimate of drug-likeness (QED) is 0.651. The van der Waals surface area contributed by atoms with Crippen molar-refractivity contribution in [1.29, 1.82) is 0 Å². The van der Waals surface area contributed by atoms with Crippen molar-refractivity contribution in [2.24, 2.45) is 5.92 Å². The second kappa shape index (κ2) is 2.94. The minimum absolute atomic E-state index is 0.531. The summed E-state index contributed by atoms with van der Waals surface area (Å²) < 4.78 is 0. The summed E-state index contributed by atoms with van der Waals surface area (Å²) in [5.41, 5.74) is 2.89. The van der Waals surface area contributed by atoms with Gasteiger partial charge in [-0.3, -0.25) is 0 Å². The van der Waals surface area contributed by atoms with Crippen LogP contribution in [0.25, 0.3) is 0 Å². The lowest BCUT2D eigenvalue weighted by atomic mass is 9.94. The largest absolute Gasteiger partial charge is 0.363 e. The molecule has 0 aromatic carbocycles. The first-order chi connectivity index (χ1) is 5.79. The number of H-pyrrole nitrogens is 1. The highest BCUT2D eigenvalue weighted by molar-refractivity contribution is 5.26. The Labute approximate surface area is 73.4 Å². The monoisotopic (exact) mass is 164 g/mol. The normalized spacial score (nSPS) is 22.8. The van der Waals surface area contributed by atoms with Gasteiger partial charge in [0.25, 0.3) is 0 Å². The van der Waals surface area contributed by atoms with Gasteiger partial charge in [-0.15, -0.1) is 0 Å². The molecule has 12 heavy (non-hydrogen) atoms. The van der Waals surface area contributed by atoms with Crippen LogP contribution >= 0.6 is 0 Å². The molecule has 1 aromatic rings. The van der Waals surface area contributed by atoms with Crippen LogP contribution in [-0.4, -0.2) is 11.5 Å². The van der Waals surface area contributed by atoms with E-state index in [4.69, 9.17) is 0 Å². The molecule has 0 aliphatic carbocycles. The second-order valence-electron chi connectivity index (χ2n) is 3.84. The van der Waals surface area contributed by atoms with Gasteiger partial charge in [-0.05, 0) is 30.5 Å². The first kappa shape index (κ1) is 7.87. The Morgan fingerprint density at radius 2 is 2.33 bits per heavy atom. The molecule has 2 heteroatoms. The lowest BCUT2D eigenvalue weighted by molar-refractivity contribution is 0.388. The first-order valence-corrected chi connectivity index (χ1v) is 4.68. The van der Waals surface area contributed by atoms with Crippen molar-refractivity contribution >= 4 is 0 Å². The van der Waals surface area contributed by atoms with E-state index >= 15 is 0 Å². The summed E-state index contributed by atoms with van der Waals surface area (Å²) in [5, 5.41) is 3.53. The van der Waals surface area contributed by atoms with E-state index in [2.05, 4.69) is 30.2 Å². The lowest BCUT2D eigenvalue weighted by Crippen LogP contribution is -2.32. The minimum atomic E-state index is 0.531. The van der Waals surface area contributed by atoms with E-state index < -0.39 is 0 Å². The molecule has 1 aliphatic rings. The molecule has 0 amide bonds.